The predicted molar refractivity (Wildman–Crippen MR) is 90.0 cm³/mol. The summed E-state index contributed by atoms with van der Waals surface area (Å²) in [6.07, 6.45) is 0. The molecule has 2 rings (SSSR count). The topological polar surface area (TPSA) is 58.6 Å². The Balaban J connectivity index is 2.12. The third-order valence-electron chi connectivity index (χ3n) is 3.72. The number of nitrogens with one attached hydrogen (secondary N) is 1. The monoisotopic (exact) mass is 358 g/mol. The number of hydrogen-bond donors (Lipinski definition) is 1. The van der Waals surface area contributed by atoms with E-state index < -0.39 is 6.04 Å². The molecule has 1 aliphatic rings. The first-order valence-electron chi connectivity index (χ1n) is 7.52. The van der Waals surface area contributed by atoms with E-state index >= 15 is 0 Å². The van der Waals surface area contributed by atoms with Crippen LogP contribution < -0.4 is 5.32 Å². The number of hydrogen-bond acceptors (Lipinski definition) is 3. The number of rotatable bonds is 4. The van der Waals surface area contributed by atoms with Gasteiger partial charge in [-0.25, -0.2) is 0 Å². The summed E-state index contributed by atoms with van der Waals surface area (Å²) in [5.74, 6) is -0.519. The van der Waals surface area contributed by atoms with Crippen LogP contribution in [0.2, 0.25) is 10.0 Å². The molecule has 5 nitrogen and oxygen atoms in total. The minimum Gasteiger partial charge on any atom is -0.378 e. The average molecular weight is 359 g/mol. The van der Waals surface area contributed by atoms with E-state index in [9.17, 15) is 9.59 Å². The normalized spacial score (nSPS) is 16.3. The summed E-state index contributed by atoms with van der Waals surface area (Å²) in [7, 11) is 0. The van der Waals surface area contributed by atoms with Crippen LogP contribution in [0.4, 0.5) is 0 Å². The zero-order chi connectivity index (χ0) is 17.0. The van der Waals surface area contributed by atoms with Crippen molar-refractivity contribution in [3.63, 3.8) is 0 Å². The Labute approximate surface area is 145 Å². The molecule has 1 aliphatic heterocycles. The van der Waals surface area contributed by atoms with Crippen molar-refractivity contribution in [3.8, 4) is 0 Å². The molecule has 0 aromatic heterocycles. The zero-order valence-corrected chi connectivity index (χ0v) is 14.7. The van der Waals surface area contributed by atoms with Crippen LogP contribution in [-0.4, -0.2) is 49.1 Å². The van der Waals surface area contributed by atoms with Crippen molar-refractivity contribution in [1.82, 2.24) is 10.2 Å². The highest BCUT2D eigenvalue weighted by atomic mass is 35.5. The van der Waals surface area contributed by atoms with Crippen LogP contribution in [0.3, 0.4) is 0 Å². The van der Waals surface area contributed by atoms with E-state index in [1.165, 1.54) is 6.07 Å². The Morgan fingerprint density at radius 3 is 2.43 bits per heavy atom. The molecule has 0 aliphatic carbocycles. The Hall–Kier alpha value is -1.30. The van der Waals surface area contributed by atoms with Gasteiger partial charge in [0.2, 0.25) is 5.91 Å². The summed E-state index contributed by atoms with van der Waals surface area (Å²) in [5.41, 5.74) is 0.302. The molecule has 23 heavy (non-hydrogen) atoms. The highest BCUT2D eigenvalue weighted by molar-refractivity contribution is 6.36. The van der Waals surface area contributed by atoms with Crippen LogP contribution in [0, 0.1) is 5.92 Å². The molecule has 0 spiro atoms. The van der Waals surface area contributed by atoms with E-state index in [0.717, 1.165) is 0 Å². The van der Waals surface area contributed by atoms with Gasteiger partial charge in [0.25, 0.3) is 5.91 Å². The fourth-order valence-corrected chi connectivity index (χ4v) is 2.88. The maximum atomic E-state index is 12.6. The smallest absolute Gasteiger partial charge is 0.253 e. The van der Waals surface area contributed by atoms with Crippen molar-refractivity contribution >= 4 is 35.0 Å². The van der Waals surface area contributed by atoms with Crippen LogP contribution >= 0.6 is 23.2 Å². The van der Waals surface area contributed by atoms with Crippen molar-refractivity contribution < 1.29 is 14.3 Å². The second-order valence-electron chi connectivity index (χ2n) is 5.76. The fourth-order valence-electron chi connectivity index (χ4n) is 2.39. The molecule has 1 heterocycles. The number of halogens is 2. The predicted octanol–water partition coefficient (Wildman–Crippen LogP) is 2.61. The first kappa shape index (κ1) is 18.0. The molecule has 7 heteroatoms. The van der Waals surface area contributed by atoms with Gasteiger partial charge in [0, 0.05) is 18.1 Å². The van der Waals surface area contributed by atoms with E-state index in [4.69, 9.17) is 27.9 Å². The highest BCUT2D eigenvalue weighted by Crippen LogP contribution is 2.21. The third-order valence-corrected chi connectivity index (χ3v) is 4.27. The molecule has 0 bridgehead atoms. The van der Waals surface area contributed by atoms with Crippen molar-refractivity contribution in [2.75, 3.05) is 26.3 Å². The van der Waals surface area contributed by atoms with Gasteiger partial charge in [-0.15, -0.1) is 0 Å². The van der Waals surface area contributed by atoms with Gasteiger partial charge in [0.1, 0.15) is 6.04 Å². The molecular formula is C16H20Cl2N2O3. The minimum atomic E-state index is -0.604. The second-order valence-corrected chi connectivity index (χ2v) is 6.60. The zero-order valence-electron chi connectivity index (χ0n) is 13.1. The lowest BCUT2D eigenvalue weighted by Crippen LogP contribution is -2.53. The molecule has 1 atom stereocenters. The number of ether oxygens (including phenoxy) is 1. The van der Waals surface area contributed by atoms with Crippen molar-refractivity contribution in [2.24, 2.45) is 5.92 Å². The molecule has 2 amide bonds. The Bertz CT molecular complexity index is 587. The third kappa shape index (κ3) is 4.59. The van der Waals surface area contributed by atoms with Gasteiger partial charge < -0.3 is 15.0 Å². The Kier molecular flexibility index (Phi) is 6.27. The SMILES string of the molecule is CC(C)[C@@H](NC(=O)c1ccc(Cl)cc1Cl)C(=O)N1CCOCC1. The quantitative estimate of drug-likeness (QED) is 0.899. The van der Waals surface area contributed by atoms with E-state index in [1.807, 2.05) is 13.8 Å². The van der Waals surface area contributed by atoms with Gasteiger partial charge in [-0.2, -0.15) is 0 Å². The second kappa shape index (κ2) is 7.99. The maximum Gasteiger partial charge on any atom is 0.253 e. The van der Waals surface area contributed by atoms with Crippen LogP contribution in [0.5, 0.6) is 0 Å². The number of carbonyl (C=O) groups excluding carboxylic acids is 2. The molecule has 0 saturated carbocycles. The molecule has 1 aromatic rings. The molecular weight excluding hydrogens is 339 g/mol. The van der Waals surface area contributed by atoms with Gasteiger partial charge in [0.05, 0.1) is 23.8 Å². The molecule has 1 saturated heterocycles. The number of amides is 2. The van der Waals surface area contributed by atoms with Gasteiger partial charge in [0.15, 0.2) is 0 Å². The summed E-state index contributed by atoms with van der Waals surface area (Å²) in [6.45, 7) is 5.92. The average Bonchev–Trinajstić information content (AvgIpc) is 2.52. The van der Waals surface area contributed by atoms with E-state index in [-0.39, 0.29) is 22.8 Å². The molecule has 1 fully saturated rings. The number of nitrogens with zero attached hydrogens (tertiary/aromatic N) is 1. The standard InChI is InChI=1S/C16H20Cl2N2O3/c1-10(2)14(16(22)20-5-7-23-8-6-20)19-15(21)12-4-3-11(17)9-13(12)18/h3-4,9-10,14H,5-8H2,1-2H3,(H,19,21)/t14-/m1/s1. The lowest BCUT2D eigenvalue weighted by atomic mass is 10.0. The van der Waals surface area contributed by atoms with Crippen LogP contribution in [0.25, 0.3) is 0 Å². The Morgan fingerprint density at radius 1 is 1.22 bits per heavy atom. The summed E-state index contributed by atoms with van der Waals surface area (Å²) >= 11 is 11.9. The summed E-state index contributed by atoms with van der Waals surface area (Å²) < 4.78 is 5.26. The minimum absolute atomic E-state index is 0.0413. The summed E-state index contributed by atoms with van der Waals surface area (Å²) in [6, 6.07) is 4.05. The molecule has 1 aromatic carbocycles. The largest absolute Gasteiger partial charge is 0.378 e. The van der Waals surface area contributed by atoms with Crippen LogP contribution in [-0.2, 0) is 9.53 Å². The molecule has 0 radical (unpaired) electrons. The summed E-state index contributed by atoms with van der Waals surface area (Å²) in [4.78, 5) is 26.8. The lowest BCUT2D eigenvalue weighted by molar-refractivity contribution is -0.138. The van der Waals surface area contributed by atoms with Gasteiger partial charge in [-0.05, 0) is 24.1 Å². The number of morpholine rings is 1. The Morgan fingerprint density at radius 2 is 1.87 bits per heavy atom. The van der Waals surface area contributed by atoms with Crippen LogP contribution in [0.15, 0.2) is 18.2 Å². The van der Waals surface area contributed by atoms with Gasteiger partial charge in [-0.1, -0.05) is 37.0 Å². The van der Waals surface area contributed by atoms with Crippen molar-refractivity contribution in [3.05, 3.63) is 33.8 Å². The van der Waals surface area contributed by atoms with Crippen molar-refractivity contribution in [1.29, 1.82) is 0 Å². The number of carbonyl (C=O) groups is 2. The fraction of sp³-hybridized carbons (Fsp3) is 0.500. The molecule has 1 N–H and O–H groups in total. The molecule has 126 valence electrons. The van der Waals surface area contributed by atoms with Gasteiger partial charge in [-0.3, -0.25) is 9.59 Å². The van der Waals surface area contributed by atoms with Gasteiger partial charge >= 0.3 is 0 Å². The number of benzene rings is 1. The first-order valence-corrected chi connectivity index (χ1v) is 8.28. The van der Waals surface area contributed by atoms with E-state index in [0.29, 0.717) is 36.9 Å². The first-order chi connectivity index (χ1) is 10.9. The van der Waals surface area contributed by atoms with E-state index in [2.05, 4.69) is 5.32 Å². The lowest BCUT2D eigenvalue weighted by Gasteiger charge is -2.32. The van der Waals surface area contributed by atoms with Crippen LogP contribution in [0.1, 0.15) is 24.2 Å². The van der Waals surface area contributed by atoms with Crippen molar-refractivity contribution in [2.45, 2.75) is 19.9 Å². The van der Waals surface area contributed by atoms with E-state index in [1.54, 1.807) is 17.0 Å². The highest BCUT2D eigenvalue weighted by Gasteiger charge is 2.30. The summed E-state index contributed by atoms with van der Waals surface area (Å²) in [5, 5.41) is 3.51. The maximum absolute atomic E-state index is 12.6. The molecule has 0 unspecified atom stereocenters.